The van der Waals surface area contributed by atoms with Crippen molar-refractivity contribution in [2.75, 3.05) is 11.4 Å². The van der Waals surface area contributed by atoms with Crippen molar-refractivity contribution in [1.82, 2.24) is 0 Å². The summed E-state index contributed by atoms with van der Waals surface area (Å²) in [5.74, 6) is 0.243. The number of halogens is 1. The lowest BCUT2D eigenvalue weighted by Crippen LogP contribution is -2.41. The Labute approximate surface area is 114 Å². The lowest BCUT2D eigenvalue weighted by molar-refractivity contribution is 0.101. The van der Waals surface area contributed by atoms with Crippen molar-refractivity contribution in [2.45, 2.75) is 46.6 Å². The molecule has 0 aliphatic carbocycles. The summed E-state index contributed by atoms with van der Waals surface area (Å²) >= 11 is 0. The molecule has 1 aromatic rings. The summed E-state index contributed by atoms with van der Waals surface area (Å²) in [6.07, 6.45) is 2.34. The second-order valence-electron chi connectivity index (χ2n) is 5.86. The minimum atomic E-state index is -0.299. The topological polar surface area (TPSA) is 20.3 Å². The van der Waals surface area contributed by atoms with Crippen LogP contribution in [-0.2, 0) is 0 Å². The average Bonchev–Trinajstić information content (AvgIpc) is 2.35. The highest BCUT2D eigenvalue weighted by atomic mass is 19.1. The van der Waals surface area contributed by atoms with Crippen molar-refractivity contribution in [3.8, 4) is 0 Å². The van der Waals surface area contributed by atoms with Crippen molar-refractivity contribution in [3.05, 3.63) is 29.1 Å². The minimum Gasteiger partial charge on any atom is -0.368 e. The number of aryl methyl sites for hydroxylation is 1. The van der Waals surface area contributed by atoms with Crippen LogP contribution >= 0.6 is 0 Å². The molecule has 0 N–H and O–H groups in total. The number of hydrogen-bond acceptors (Lipinski definition) is 2. The van der Waals surface area contributed by atoms with Gasteiger partial charge in [0.05, 0.1) is 0 Å². The van der Waals surface area contributed by atoms with Gasteiger partial charge in [0, 0.05) is 23.8 Å². The van der Waals surface area contributed by atoms with E-state index < -0.39 is 0 Å². The standard InChI is InChI=1S/C16H22FNO/c1-10-5-6-12(3)18(9-10)16-7-11(2)15(17)8-14(16)13(4)19/h7-8,10,12H,5-6,9H2,1-4H3. The van der Waals surface area contributed by atoms with Gasteiger partial charge in [-0.3, -0.25) is 4.79 Å². The molecule has 0 saturated carbocycles. The van der Waals surface area contributed by atoms with E-state index in [0.29, 0.717) is 23.1 Å². The van der Waals surface area contributed by atoms with Crippen LogP contribution in [0.1, 0.15) is 49.5 Å². The summed E-state index contributed by atoms with van der Waals surface area (Å²) in [5, 5.41) is 0. The predicted octanol–water partition coefficient (Wildman–Crippen LogP) is 3.96. The van der Waals surface area contributed by atoms with E-state index in [4.69, 9.17) is 0 Å². The van der Waals surface area contributed by atoms with Crippen LogP contribution in [0.5, 0.6) is 0 Å². The first kappa shape index (κ1) is 14.0. The van der Waals surface area contributed by atoms with Crippen LogP contribution in [0.4, 0.5) is 10.1 Å². The average molecular weight is 263 g/mol. The molecule has 0 spiro atoms. The van der Waals surface area contributed by atoms with Crippen molar-refractivity contribution in [2.24, 2.45) is 5.92 Å². The van der Waals surface area contributed by atoms with Gasteiger partial charge in [-0.2, -0.15) is 0 Å². The second kappa shape index (κ2) is 5.32. The van der Waals surface area contributed by atoms with Crippen LogP contribution in [0.25, 0.3) is 0 Å². The highest BCUT2D eigenvalue weighted by molar-refractivity contribution is 6.00. The highest BCUT2D eigenvalue weighted by Gasteiger charge is 2.26. The molecule has 3 heteroatoms. The van der Waals surface area contributed by atoms with Crippen molar-refractivity contribution in [1.29, 1.82) is 0 Å². The van der Waals surface area contributed by atoms with Crippen molar-refractivity contribution >= 4 is 11.5 Å². The third-order valence-electron chi connectivity index (χ3n) is 4.08. The summed E-state index contributed by atoms with van der Waals surface area (Å²) in [6, 6.07) is 3.61. The van der Waals surface area contributed by atoms with Crippen LogP contribution in [0.15, 0.2) is 12.1 Å². The molecule has 0 aromatic heterocycles. The zero-order valence-corrected chi connectivity index (χ0v) is 12.2. The monoisotopic (exact) mass is 263 g/mol. The van der Waals surface area contributed by atoms with E-state index in [2.05, 4.69) is 18.7 Å². The lowest BCUT2D eigenvalue weighted by atomic mass is 9.93. The molecule has 104 valence electrons. The third kappa shape index (κ3) is 2.80. The summed E-state index contributed by atoms with van der Waals surface area (Å²) in [5.41, 5.74) is 2.00. The highest BCUT2D eigenvalue weighted by Crippen LogP contribution is 2.32. The number of piperidine rings is 1. The van der Waals surface area contributed by atoms with E-state index in [-0.39, 0.29) is 11.6 Å². The smallest absolute Gasteiger partial charge is 0.161 e. The molecular weight excluding hydrogens is 241 g/mol. The fraction of sp³-hybridized carbons (Fsp3) is 0.562. The molecule has 1 heterocycles. The molecule has 2 rings (SSSR count). The second-order valence-corrected chi connectivity index (χ2v) is 5.86. The first-order valence-corrected chi connectivity index (χ1v) is 6.98. The zero-order chi connectivity index (χ0) is 14.2. The maximum atomic E-state index is 13.7. The quantitative estimate of drug-likeness (QED) is 0.753. The molecule has 2 unspecified atom stereocenters. The van der Waals surface area contributed by atoms with Gasteiger partial charge >= 0.3 is 0 Å². The molecule has 1 aromatic carbocycles. The molecular formula is C16H22FNO. The van der Waals surface area contributed by atoms with Crippen LogP contribution in [0.2, 0.25) is 0 Å². The minimum absolute atomic E-state index is 0.0701. The molecule has 2 atom stereocenters. The van der Waals surface area contributed by atoms with Crippen molar-refractivity contribution < 1.29 is 9.18 Å². The van der Waals surface area contributed by atoms with Gasteiger partial charge in [-0.15, -0.1) is 0 Å². The molecule has 1 fully saturated rings. The fourth-order valence-corrected chi connectivity index (χ4v) is 2.81. The van der Waals surface area contributed by atoms with Crippen LogP contribution < -0.4 is 4.90 Å². The maximum Gasteiger partial charge on any atom is 0.161 e. The number of ketones is 1. The Morgan fingerprint density at radius 2 is 2.00 bits per heavy atom. The lowest BCUT2D eigenvalue weighted by Gasteiger charge is -2.39. The van der Waals surface area contributed by atoms with E-state index in [1.807, 2.05) is 6.07 Å². The summed E-state index contributed by atoms with van der Waals surface area (Å²) in [4.78, 5) is 14.0. The van der Waals surface area contributed by atoms with Crippen LogP contribution in [-0.4, -0.2) is 18.4 Å². The van der Waals surface area contributed by atoms with Gasteiger partial charge in [0.1, 0.15) is 5.82 Å². The fourth-order valence-electron chi connectivity index (χ4n) is 2.81. The zero-order valence-electron chi connectivity index (χ0n) is 12.2. The maximum absolute atomic E-state index is 13.7. The van der Waals surface area contributed by atoms with Gasteiger partial charge < -0.3 is 4.90 Å². The molecule has 1 saturated heterocycles. The summed E-state index contributed by atoms with van der Waals surface area (Å²) in [7, 11) is 0. The Balaban J connectivity index is 2.47. The Morgan fingerprint density at radius 1 is 1.32 bits per heavy atom. The number of carbonyl (C=O) groups excluding carboxylic acids is 1. The van der Waals surface area contributed by atoms with Gasteiger partial charge in [0.25, 0.3) is 0 Å². The van der Waals surface area contributed by atoms with Gasteiger partial charge in [-0.25, -0.2) is 4.39 Å². The Morgan fingerprint density at radius 3 is 2.63 bits per heavy atom. The molecule has 1 aliphatic rings. The number of benzene rings is 1. The van der Waals surface area contributed by atoms with Gasteiger partial charge in [-0.1, -0.05) is 6.92 Å². The largest absolute Gasteiger partial charge is 0.368 e. The Kier molecular flexibility index (Phi) is 3.93. The van der Waals surface area contributed by atoms with E-state index in [0.717, 1.165) is 18.7 Å². The first-order chi connectivity index (χ1) is 8.90. The number of anilines is 1. The number of Topliss-reactive ketones (excluding diaryl/α,β-unsaturated/α-hetero) is 1. The first-order valence-electron chi connectivity index (χ1n) is 6.98. The summed E-state index contributed by atoms with van der Waals surface area (Å²) in [6.45, 7) is 8.59. The van der Waals surface area contributed by atoms with E-state index in [9.17, 15) is 9.18 Å². The SMILES string of the molecule is CC(=O)c1cc(F)c(C)cc1N1CC(C)CCC1C. The van der Waals surface area contributed by atoms with Gasteiger partial charge in [0.2, 0.25) is 0 Å². The molecule has 2 nitrogen and oxygen atoms in total. The Bertz CT molecular complexity index is 498. The molecule has 0 amide bonds. The number of carbonyl (C=O) groups is 1. The normalized spacial score (nSPS) is 23.5. The third-order valence-corrected chi connectivity index (χ3v) is 4.08. The number of rotatable bonds is 2. The number of nitrogens with zero attached hydrogens (tertiary/aromatic N) is 1. The van der Waals surface area contributed by atoms with E-state index in [1.54, 1.807) is 6.92 Å². The van der Waals surface area contributed by atoms with Gasteiger partial charge in [0.15, 0.2) is 5.78 Å². The van der Waals surface area contributed by atoms with Crippen LogP contribution in [0.3, 0.4) is 0 Å². The van der Waals surface area contributed by atoms with Gasteiger partial charge in [-0.05, 0) is 57.2 Å². The molecule has 0 bridgehead atoms. The molecule has 1 aliphatic heterocycles. The molecule has 0 radical (unpaired) electrons. The predicted molar refractivity (Wildman–Crippen MR) is 76.3 cm³/mol. The number of hydrogen-bond donors (Lipinski definition) is 0. The van der Waals surface area contributed by atoms with Crippen molar-refractivity contribution in [3.63, 3.8) is 0 Å². The summed E-state index contributed by atoms with van der Waals surface area (Å²) < 4.78 is 13.7. The van der Waals surface area contributed by atoms with Crippen LogP contribution in [0, 0.1) is 18.7 Å². The van der Waals surface area contributed by atoms with E-state index >= 15 is 0 Å². The Hall–Kier alpha value is -1.38. The van der Waals surface area contributed by atoms with E-state index in [1.165, 1.54) is 19.4 Å². The molecule has 19 heavy (non-hydrogen) atoms.